The van der Waals surface area contributed by atoms with Crippen molar-refractivity contribution in [3.63, 3.8) is 0 Å². The van der Waals surface area contributed by atoms with Gasteiger partial charge in [0.2, 0.25) is 0 Å². The zero-order valence-corrected chi connectivity index (χ0v) is 23.5. The van der Waals surface area contributed by atoms with E-state index in [4.69, 9.17) is 20.9 Å². The Bertz CT molecular complexity index is 1490. The van der Waals surface area contributed by atoms with Gasteiger partial charge in [0.05, 0.1) is 0 Å². The zero-order valence-electron chi connectivity index (χ0n) is 23.5. The molecule has 40 heavy (non-hydrogen) atoms. The van der Waals surface area contributed by atoms with Crippen molar-refractivity contribution in [1.29, 1.82) is 0 Å². The minimum atomic E-state index is 0.245. The number of nitrogen functional groups attached to an aromatic ring is 2. The van der Waals surface area contributed by atoms with Gasteiger partial charge in [-0.1, -0.05) is 50.2 Å². The van der Waals surface area contributed by atoms with Gasteiger partial charge in [0.1, 0.15) is 23.0 Å². The molecule has 0 aliphatic rings. The summed E-state index contributed by atoms with van der Waals surface area (Å²) in [6, 6.07) is 36.5. The van der Waals surface area contributed by atoms with Gasteiger partial charge >= 0.3 is 0 Å². The number of hydrogen-bond donors (Lipinski definition) is 2. The van der Waals surface area contributed by atoms with Gasteiger partial charge in [-0.2, -0.15) is 0 Å². The van der Waals surface area contributed by atoms with Gasteiger partial charge in [0.25, 0.3) is 0 Å². The molecule has 0 spiro atoms. The number of ether oxygens (including phenoxy) is 2. The maximum atomic E-state index is 6.04. The first kappa shape index (κ1) is 26.9. The molecule has 4 N–H and O–H groups in total. The van der Waals surface area contributed by atoms with Crippen LogP contribution >= 0.6 is 0 Å². The molecule has 2 atom stereocenters. The Hall–Kier alpha value is -4.70. The third kappa shape index (κ3) is 6.13. The quantitative estimate of drug-likeness (QED) is 0.197. The minimum Gasteiger partial charge on any atom is -0.457 e. The Balaban J connectivity index is 1.32. The summed E-state index contributed by atoms with van der Waals surface area (Å²) in [5.74, 6) is 3.68. The second-order valence-electron chi connectivity index (χ2n) is 10.5. The molecule has 0 aromatic heterocycles. The van der Waals surface area contributed by atoms with Crippen molar-refractivity contribution in [2.45, 2.75) is 39.5 Å². The molecule has 4 nitrogen and oxygen atoms in total. The van der Waals surface area contributed by atoms with Crippen molar-refractivity contribution in [2.75, 3.05) is 11.5 Å². The highest BCUT2D eigenvalue weighted by atomic mass is 16.5. The van der Waals surface area contributed by atoms with Gasteiger partial charge in [-0.3, -0.25) is 0 Å². The van der Waals surface area contributed by atoms with Crippen LogP contribution in [0.1, 0.15) is 59.1 Å². The fourth-order valence-electron chi connectivity index (χ4n) is 5.20. The van der Waals surface area contributed by atoms with E-state index in [0.717, 1.165) is 34.4 Å². The Labute approximate surface area is 237 Å². The van der Waals surface area contributed by atoms with Gasteiger partial charge in [-0.05, 0) is 120 Å². The van der Waals surface area contributed by atoms with Crippen LogP contribution in [0.15, 0.2) is 109 Å². The first-order valence-electron chi connectivity index (χ1n) is 13.6. The number of aryl methyl sites for hydroxylation is 2. The SMILES string of the molecule is Cc1cc(Oc2ccc(N)cc2)ccc1C(C)c1cccc(C(C)c2ccc(Oc3ccc(N)cc3)cc2C)c1. The van der Waals surface area contributed by atoms with Gasteiger partial charge in [-0.25, -0.2) is 0 Å². The van der Waals surface area contributed by atoms with Crippen molar-refractivity contribution < 1.29 is 9.47 Å². The lowest BCUT2D eigenvalue weighted by Gasteiger charge is -2.20. The minimum absolute atomic E-state index is 0.245. The normalized spacial score (nSPS) is 12.5. The summed E-state index contributed by atoms with van der Waals surface area (Å²) in [5, 5.41) is 0. The Morgan fingerprint density at radius 2 is 0.850 bits per heavy atom. The average molecular weight is 529 g/mol. The van der Waals surface area contributed by atoms with Gasteiger partial charge in [0.15, 0.2) is 0 Å². The van der Waals surface area contributed by atoms with E-state index in [2.05, 4.69) is 76.2 Å². The lowest BCUT2D eigenvalue weighted by Crippen LogP contribution is -2.03. The van der Waals surface area contributed by atoms with Crippen molar-refractivity contribution in [3.8, 4) is 23.0 Å². The Kier molecular flexibility index (Phi) is 7.79. The van der Waals surface area contributed by atoms with E-state index in [0.29, 0.717) is 0 Å². The van der Waals surface area contributed by atoms with Crippen molar-refractivity contribution in [1.82, 2.24) is 0 Å². The molecule has 2 unspecified atom stereocenters. The number of rotatable bonds is 8. The highest BCUT2D eigenvalue weighted by Crippen LogP contribution is 2.35. The lowest BCUT2D eigenvalue weighted by molar-refractivity contribution is 0.481. The number of nitrogens with two attached hydrogens (primary N) is 2. The molecule has 0 radical (unpaired) electrons. The molecule has 0 aliphatic carbocycles. The second-order valence-corrected chi connectivity index (χ2v) is 10.5. The lowest BCUT2D eigenvalue weighted by atomic mass is 9.85. The summed E-state index contributed by atoms with van der Waals surface area (Å²) < 4.78 is 12.1. The first-order chi connectivity index (χ1) is 19.3. The Morgan fingerprint density at radius 3 is 1.23 bits per heavy atom. The molecular weight excluding hydrogens is 492 g/mol. The van der Waals surface area contributed by atoms with E-state index in [-0.39, 0.29) is 11.8 Å². The molecule has 0 bridgehead atoms. The van der Waals surface area contributed by atoms with Crippen LogP contribution in [0.25, 0.3) is 0 Å². The van der Waals surface area contributed by atoms with E-state index in [1.54, 1.807) is 0 Å². The number of benzene rings is 5. The van der Waals surface area contributed by atoms with Crippen LogP contribution in [0.3, 0.4) is 0 Å². The van der Waals surface area contributed by atoms with E-state index >= 15 is 0 Å². The molecular formula is C36H36N2O2. The van der Waals surface area contributed by atoms with Crippen LogP contribution in [0.5, 0.6) is 23.0 Å². The highest BCUT2D eigenvalue weighted by molar-refractivity contribution is 5.48. The largest absolute Gasteiger partial charge is 0.457 e. The molecule has 5 rings (SSSR count). The number of anilines is 2. The molecule has 202 valence electrons. The van der Waals surface area contributed by atoms with Crippen LogP contribution in [-0.2, 0) is 0 Å². The average Bonchev–Trinajstić information content (AvgIpc) is 2.95. The van der Waals surface area contributed by atoms with Crippen LogP contribution in [0.4, 0.5) is 11.4 Å². The molecule has 5 aromatic carbocycles. The molecule has 4 heteroatoms. The van der Waals surface area contributed by atoms with Crippen molar-refractivity contribution in [3.05, 3.63) is 143 Å². The first-order valence-corrected chi connectivity index (χ1v) is 13.6. The Morgan fingerprint density at radius 1 is 0.475 bits per heavy atom. The molecule has 0 saturated carbocycles. The third-order valence-corrected chi connectivity index (χ3v) is 7.56. The van der Waals surface area contributed by atoms with Crippen LogP contribution in [-0.4, -0.2) is 0 Å². The standard InChI is InChI=1S/C36H36N2O2/c1-23-20-33(39-31-12-8-29(37)9-13-31)16-18-35(23)25(3)27-6-5-7-28(22-27)26(4)36-19-17-34(21-24(36)2)40-32-14-10-30(38)11-15-32/h5-22,25-26H,37-38H2,1-4H3. The summed E-state index contributed by atoms with van der Waals surface area (Å²) in [6.07, 6.45) is 0. The summed E-state index contributed by atoms with van der Waals surface area (Å²) in [6.45, 7) is 8.82. The van der Waals surface area contributed by atoms with E-state index < -0.39 is 0 Å². The van der Waals surface area contributed by atoms with Crippen molar-refractivity contribution in [2.24, 2.45) is 0 Å². The predicted octanol–water partition coefficient (Wildman–Crippen LogP) is 9.36. The molecule has 0 heterocycles. The van der Waals surface area contributed by atoms with Crippen LogP contribution in [0, 0.1) is 13.8 Å². The maximum Gasteiger partial charge on any atom is 0.127 e. The van der Waals surface area contributed by atoms with Gasteiger partial charge in [-0.15, -0.1) is 0 Å². The monoisotopic (exact) mass is 528 g/mol. The van der Waals surface area contributed by atoms with Gasteiger partial charge < -0.3 is 20.9 Å². The number of hydrogen-bond acceptors (Lipinski definition) is 4. The van der Waals surface area contributed by atoms with E-state index in [1.165, 1.54) is 33.4 Å². The molecule has 0 saturated heterocycles. The summed E-state index contributed by atoms with van der Waals surface area (Å²) in [4.78, 5) is 0. The molecule has 5 aromatic rings. The maximum absolute atomic E-state index is 6.04. The predicted molar refractivity (Wildman–Crippen MR) is 166 cm³/mol. The van der Waals surface area contributed by atoms with Crippen LogP contribution < -0.4 is 20.9 Å². The fraction of sp³-hybridized carbons (Fsp3) is 0.167. The molecule has 0 amide bonds. The zero-order chi connectivity index (χ0) is 28.2. The smallest absolute Gasteiger partial charge is 0.127 e. The summed E-state index contributed by atoms with van der Waals surface area (Å²) >= 11 is 0. The summed E-state index contributed by atoms with van der Waals surface area (Å²) in [7, 11) is 0. The van der Waals surface area contributed by atoms with E-state index in [1.807, 2.05) is 60.7 Å². The second kappa shape index (κ2) is 11.6. The molecule has 0 aliphatic heterocycles. The van der Waals surface area contributed by atoms with E-state index in [9.17, 15) is 0 Å². The fourth-order valence-corrected chi connectivity index (χ4v) is 5.20. The topological polar surface area (TPSA) is 70.5 Å². The van der Waals surface area contributed by atoms with Crippen LogP contribution in [0.2, 0.25) is 0 Å². The third-order valence-electron chi connectivity index (χ3n) is 7.56. The highest BCUT2D eigenvalue weighted by Gasteiger charge is 2.16. The molecule has 0 fully saturated rings. The van der Waals surface area contributed by atoms with Crippen molar-refractivity contribution >= 4 is 11.4 Å². The van der Waals surface area contributed by atoms with Gasteiger partial charge in [0, 0.05) is 23.2 Å². The summed E-state index contributed by atoms with van der Waals surface area (Å²) in [5.41, 5.74) is 20.6.